The van der Waals surface area contributed by atoms with Crippen molar-refractivity contribution in [3.05, 3.63) is 42.1 Å². The van der Waals surface area contributed by atoms with Gasteiger partial charge in [0.1, 0.15) is 5.82 Å². The van der Waals surface area contributed by atoms with E-state index in [0.29, 0.717) is 11.8 Å². The van der Waals surface area contributed by atoms with Crippen molar-refractivity contribution < 1.29 is 0 Å². The number of rotatable bonds is 2. The summed E-state index contributed by atoms with van der Waals surface area (Å²) in [6.07, 6.45) is 1.63. The third kappa shape index (κ3) is 2.43. The number of aromatic nitrogens is 2. The van der Waals surface area contributed by atoms with Crippen LogP contribution in [0.2, 0.25) is 0 Å². The number of hydrogen-bond acceptors (Lipinski definition) is 4. The Balaban J connectivity index is 2.22. The number of nitrogens with zero attached hydrogens (tertiary/aromatic N) is 2. The lowest BCUT2D eigenvalue weighted by Crippen LogP contribution is -1.99. The average Bonchev–Trinajstić information content (AvgIpc) is 2.17. The van der Waals surface area contributed by atoms with E-state index in [4.69, 9.17) is 5.73 Å². The van der Waals surface area contributed by atoms with Gasteiger partial charge in [-0.3, -0.25) is 0 Å². The van der Waals surface area contributed by atoms with Gasteiger partial charge in [0.25, 0.3) is 0 Å². The Hall–Kier alpha value is -2.10. The summed E-state index contributed by atoms with van der Waals surface area (Å²) < 4.78 is 0. The zero-order valence-electron chi connectivity index (χ0n) is 8.44. The maximum absolute atomic E-state index is 5.55. The van der Waals surface area contributed by atoms with Crippen LogP contribution in [0.4, 0.5) is 17.5 Å². The molecule has 1 aromatic heterocycles. The third-order valence-corrected chi connectivity index (χ3v) is 1.95. The van der Waals surface area contributed by atoms with Crippen molar-refractivity contribution >= 4 is 17.5 Å². The highest BCUT2D eigenvalue weighted by Gasteiger charge is 1.97. The highest BCUT2D eigenvalue weighted by molar-refractivity contribution is 5.55. The second-order valence-corrected chi connectivity index (χ2v) is 3.30. The molecule has 0 saturated carbocycles. The van der Waals surface area contributed by atoms with Crippen LogP contribution in [0.15, 0.2) is 36.5 Å². The normalized spacial score (nSPS) is 9.93. The summed E-state index contributed by atoms with van der Waals surface area (Å²) in [6, 6.07) is 9.64. The molecule has 0 bridgehead atoms. The smallest absolute Gasteiger partial charge is 0.229 e. The van der Waals surface area contributed by atoms with Gasteiger partial charge in [0.05, 0.1) is 0 Å². The molecule has 3 N–H and O–H groups in total. The Labute approximate surface area is 88.2 Å². The molecule has 15 heavy (non-hydrogen) atoms. The van der Waals surface area contributed by atoms with Crippen molar-refractivity contribution in [2.75, 3.05) is 11.1 Å². The Morgan fingerprint density at radius 2 is 2.13 bits per heavy atom. The minimum Gasteiger partial charge on any atom is -0.384 e. The number of nitrogens with two attached hydrogens (primary N) is 1. The molecule has 0 radical (unpaired) electrons. The van der Waals surface area contributed by atoms with Crippen LogP contribution in [-0.2, 0) is 0 Å². The number of aryl methyl sites for hydroxylation is 1. The fourth-order valence-corrected chi connectivity index (χ4v) is 1.28. The molecular formula is C11H12N4. The molecule has 4 nitrogen and oxygen atoms in total. The number of nitrogens with one attached hydrogen (secondary N) is 1. The van der Waals surface area contributed by atoms with E-state index in [9.17, 15) is 0 Å². The van der Waals surface area contributed by atoms with Crippen LogP contribution in [0.25, 0.3) is 0 Å². The van der Waals surface area contributed by atoms with Crippen molar-refractivity contribution in [3.63, 3.8) is 0 Å². The van der Waals surface area contributed by atoms with E-state index in [1.807, 2.05) is 31.2 Å². The van der Waals surface area contributed by atoms with Crippen LogP contribution in [0.5, 0.6) is 0 Å². The summed E-state index contributed by atoms with van der Waals surface area (Å²) in [5, 5.41) is 3.08. The quantitative estimate of drug-likeness (QED) is 0.779. The minimum absolute atomic E-state index is 0.458. The fourth-order valence-electron chi connectivity index (χ4n) is 1.28. The number of nitrogen functional groups attached to an aromatic ring is 1. The van der Waals surface area contributed by atoms with Gasteiger partial charge >= 0.3 is 0 Å². The van der Waals surface area contributed by atoms with Crippen molar-refractivity contribution in [1.82, 2.24) is 9.97 Å². The fraction of sp³-hybridized carbons (Fsp3) is 0.0909. The van der Waals surface area contributed by atoms with Crippen LogP contribution in [0, 0.1) is 6.92 Å². The Kier molecular flexibility index (Phi) is 2.49. The first-order valence-corrected chi connectivity index (χ1v) is 4.66. The number of hydrogen-bond donors (Lipinski definition) is 2. The highest BCUT2D eigenvalue weighted by atomic mass is 15.1. The Bertz CT molecular complexity index is 424. The molecule has 0 amide bonds. The molecule has 76 valence electrons. The highest BCUT2D eigenvalue weighted by Crippen LogP contribution is 2.14. The van der Waals surface area contributed by atoms with Gasteiger partial charge in [-0.15, -0.1) is 0 Å². The van der Waals surface area contributed by atoms with Crippen LogP contribution < -0.4 is 11.1 Å². The summed E-state index contributed by atoms with van der Waals surface area (Å²) in [4.78, 5) is 8.12. The van der Waals surface area contributed by atoms with Crippen molar-refractivity contribution in [2.45, 2.75) is 6.92 Å². The van der Waals surface area contributed by atoms with Gasteiger partial charge in [-0.2, -0.15) is 4.98 Å². The molecule has 0 saturated heterocycles. The molecule has 0 atom stereocenters. The standard InChI is InChI=1S/C11H12N4/c1-8-3-2-4-9(7-8)14-11-13-6-5-10(12)15-11/h2-7H,1H3,(H3,12,13,14,15). The van der Waals surface area contributed by atoms with Crippen LogP contribution in [0.1, 0.15) is 5.56 Å². The topological polar surface area (TPSA) is 63.8 Å². The summed E-state index contributed by atoms with van der Waals surface area (Å²) in [5.74, 6) is 0.973. The summed E-state index contributed by atoms with van der Waals surface area (Å²) in [7, 11) is 0. The van der Waals surface area contributed by atoms with Gasteiger partial charge in [0, 0.05) is 11.9 Å². The zero-order chi connectivity index (χ0) is 10.7. The molecule has 0 aliphatic heterocycles. The molecule has 2 rings (SSSR count). The Morgan fingerprint density at radius 3 is 2.87 bits per heavy atom. The van der Waals surface area contributed by atoms with Crippen molar-refractivity contribution in [1.29, 1.82) is 0 Å². The average molecular weight is 200 g/mol. The molecule has 0 unspecified atom stereocenters. The lowest BCUT2D eigenvalue weighted by molar-refractivity contribution is 1.17. The van der Waals surface area contributed by atoms with E-state index < -0.39 is 0 Å². The lowest BCUT2D eigenvalue weighted by atomic mass is 10.2. The molecule has 2 aromatic rings. The van der Waals surface area contributed by atoms with Gasteiger partial charge in [0.2, 0.25) is 5.95 Å². The zero-order valence-corrected chi connectivity index (χ0v) is 8.44. The first-order chi connectivity index (χ1) is 7.24. The Morgan fingerprint density at radius 1 is 1.27 bits per heavy atom. The minimum atomic E-state index is 0.458. The second kappa shape index (κ2) is 3.96. The molecule has 0 aliphatic carbocycles. The molecule has 0 aliphatic rings. The maximum atomic E-state index is 5.55. The largest absolute Gasteiger partial charge is 0.384 e. The maximum Gasteiger partial charge on any atom is 0.229 e. The molecule has 0 spiro atoms. The van der Waals surface area contributed by atoms with Gasteiger partial charge in [-0.1, -0.05) is 12.1 Å². The summed E-state index contributed by atoms with van der Waals surface area (Å²) in [5.41, 5.74) is 7.69. The SMILES string of the molecule is Cc1cccc(Nc2nccc(N)n2)c1. The number of benzene rings is 1. The van der Waals surface area contributed by atoms with E-state index in [-0.39, 0.29) is 0 Å². The molecule has 1 heterocycles. The van der Waals surface area contributed by atoms with E-state index in [2.05, 4.69) is 15.3 Å². The predicted molar refractivity (Wildman–Crippen MR) is 60.9 cm³/mol. The predicted octanol–water partition coefficient (Wildman–Crippen LogP) is 2.11. The van der Waals surface area contributed by atoms with Gasteiger partial charge in [0.15, 0.2) is 0 Å². The first-order valence-electron chi connectivity index (χ1n) is 4.66. The lowest BCUT2D eigenvalue weighted by Gasteiger charge is -2.05. The van der Waals surface area contributed by atoms with E-state index in [1.165, 1.54) is 5.56 Å². The second-order valence-electron chi connectivity index (χ2n) is 3.30. The number of anilines is 3. The van der Waals surface area contributed by atoms with Gasteiger partial charge in [-0.05, 0) is 30.7 Å². The molecule has 1 aromatic carbocycles. The van der Waals surface area contributed by atoms with Crippen molar-refractivity contribution in [2.24, 2.45) is 0 Å². The van der Waals surface area contributed by atoms with Gasteiger partial charge < -0.3 is 11.1 Å². The van der Waals surface area contributed by atoms with E-state index in [0.717, 1.165) is 5.69 Å². The van der Waals surface area contributed by atoms with E-state index >= 15 is 0 Å². The van der Waals surface area contributed by atoms with Crippen molar-refractivity contribution in [3.8, 4) is 0 Å². The van der Waals surface area contributed by atoms with Crippen LogP contribution in [-0.4, -0.2) is 9.97 Å². The van der Waals surface area contributed by atoms with Crippen LogP contribution >= 0.6 is 0 Å². The molecule has 4 heteroatoms. The summed E-state index contributed by atoms with van der Waals surface area (Å²) in [6.45, 7) is 2.03. The molecular weight excluding hydrogens is 188 g/mol. The first kappa shape index (κ1) is 9.45. The van der Waals surface area contributed by atoms with E-state index in [1.54, 1.807) is 12.3 Å². The van der Waals surface area contributed by atoms with Gasteiger partial charge in [-0.25, -0.2) is 4.98 Å². The molecule has 0 fully saturated rings. The monoisotopic (exact) mass is 200 g/mol. The summed E-state index contributed by atoms with van der Waals surface area (Å²) >= 11 is 0. The third-order valence-electron chi connectivity index (χ3n) is 1.95. The van der Waals surface area contributed by atoms with Crippen LogP contribution in [0.3, 0.4) is 0 Å².